The number of anilines is 1. The smallest absolute Gasteiger partial charge is 0.257 e. The SMILES string of the molecule is CCCOc1cccc(C(=O)NC(=S)Nc2cccc(-c3nc4cc(Cl)c(C)cc4[nH]3)c2)c1. The van der Waals surface area contributed by atoms with Crippen molar-refractivity contribution in [3.63, 3.8) is 0 Å². The molecule has 0 saturated heterocycles. The van der Waals surface area contributed by atoms with Crippen LogP contribution in [0.3, 0.4) is 0 Å². The number of thiocarbonyl (C=S) groups is 1. The molecule has 0 aliphatic heterocycles. The molecule has 3 aromatic carbocycles. The van der Waals surface area contributed by atoms with Gasteiger partial charge in [0.1, 0.15) is 11.6 Å². The summed E-state index contributed by atoms with van der Waals surface area (Å²) in [4.78, 5) is 20.6. The number of imidazole rings is 1. The fraction of sp³-hybridized carbons (Fsp3) is 0.160. The average molecular weight is 479 g/mol. The summed E-state index contributed by atoms with van der Waals surface area (Å²) in [5.41, 5.74) is 4.77. The third-order valence-electron chi connectivity index (χ3n) is 4.95. The second-order valence-electron chi connectivity index (χ2n) is 7.57. The molecule has 3 N–H and O–H groups in total. The van der Waals surface area contributed by atoms with Crippen LogP contribution in [0.4, 0.5) is 5.69 Å². The van der Waals surface area contributed by atoms with Crippen molar-refractivity contribution in [3.8, 4) is 17.1 Å². The summed E-state index contributed by atoms with van der Waals surface area (Å²) in [7, 11) is 0. The van der Waals surface area contributed by atoms with Crippen LogP contribution in [-0.4, -0.2) is 27.6 Å². The van der Waals surface area contributed by atoms with Crippen molar-refractivity contribution in [2.24, 2.45) is 0 Å². The zero-order valence-electron chi connectivity index (χ0n) is 18.2. The van der Waals surface area contributed by atoms with Gasteiger partial charge in [-0.1, -0.05) is 36.7 Å². The highest BCUT2D eigenvalue weighted by Crippen LogP contribution is 2.26. The van der Waals surface area contributed by atoms with E-state index in [2.05, 4.69) is 20.6 Å². The maximum Gasteiger partial charge on any atom is 0.257 e. The molecular weight excluding hydrogens is 456 g/mol. The number of carbonyl (C=O) groups is 1. The van der Waals surface area contributed by atoms with Gasteiger partial charge in [-0.2, -0.15) is 0 Å². The van der Waals surface area contributed by atoms with Crippen LogP contribution in [-0.2, 0) is 0 Å². The number of fused-ring (bicyclic) bond motifs is 1. The molecule has 0 spiro atoms. The molecule has 0 aliphatic rings. The summed E-state index contributed by atoms with van der Waals surface area (Å²) < 4.78 is 5.59. The maximum atomic E-state index is 12.6. The van der Waals surface area contributed by atoms with Crippen LogP contribution in [0.1, 0.15) is 29.3 Å². The molecule has 0 unspecified atom stereocenters. The Morgan fingerprint density at radius 2 is 1.97 bits per heavy atom. The maximum absolute atomic E-state index is 12.6. The number of halogens is 1. The molecule has 4 aromatic rings. The molecule has 0 aliphatic carbocycles. The van der Waals surface area contributed by atoms with E-state index in [1.807, 2.05) is 56.3 Å². The van der Waals surface area contributed by atoms with E-state index in [1.54, 1.807) is 18.2 Å². The highest BCUT2D eigenvalue weighted by atomic mass is 35.5. The van der Waals surface area contributed by atoms with Crippen LogP contribution in [0.25, 0.3) is 22.4 Å². The van der Waals surface area contributed by atoms with Gasteiger partial charge in [-0.25, -0.2) is 4.98 Å². The number of nitrogens with zero attached hydrogens (tertiary/aromatic N) is 1. The number of nitrogens with one attached hydrogen (secondary N) is 3. The lowest BCUT2D eigenvalue weighted by Gasteiger charge is -2.11. The largest absolute Gasteiger partial charge is 0.494 e. The molecule has 168 valence electrons. The second kappa shape index (κ2) is 10.0. The van der Waals surface area contributed by atoms with Gasteiger partial charge in [0.15, 0.2) is 5.11 Å². The van der Waals surface area contributed by atoms with E-state index in [9.17, 15) is 4.79 Å². The summed E-state index contributed by atoms with van der Waals surface area (Å²) in [6.45, 7) is 4.58. The van der Waals surface area contributed by atoms with Gasteiger partial charge in [0.05, 0.1) is 17.6 Å². The molecule has 8 heteroatoms. The molecule has 0 radical (unpaired) electrons. The Kier molecular flexibility index (Phi) is 6.91. The van der Waals surface area contributed by atoms with Gasteiger partial charge < -0.3 is 15.0 Å². The highest BCUT2D eigenvalue weighted by molar-refractivity contribution is 7.80. The molecule has 6 nitrogen and oxygen atoms in total. The Morgan fingerprint density at radius 3 is 2.79 bits per heavy atom. The summed E-state index contributed by atoms with van der Waals surface area (Å²) in [5.74, 6) is 1.06. The number of hydrogen-bond acceptors (Lipinski definition) is 4. The lowest BCUT2D eigenvalue weighted by molar-refractivity contribution is 0.0977. The van der Waals surface area contributed by atoms with Crippen molar-refractivity contribution < 1.29 is 9.53 Å². The van der Waals surface area contributed by atoms with Crippen molar-refractivity contribution in [1.29, 1.82) is 0 Å². The molecule has 0 bridgehead atoms. The van der Waals surface area contributed by atoms with Gasteiger partial charge in [0.25, 0.3) is 5.91 Å². The Morgan fingerprint density at radius 1 is 1.15 bits per heavy atom. The van der Waals surface area contributed by atoms with Crippen LogP contribution in [0.5, 0.6) is 5.75 Å². The molecule has 33 heavy (non-hydrogen) atoms. The first-order valence-electron chi connectivity index (χ1n) is 10.5. The Balaban J connectivity index is 1.45. The van der Waals surface area contributed by atoms with Crippen LogP contribution in [0.2, 0.25) is 5.02 Å². The average Bonchev–Trinajstić information content (AvgIpc) is 3.21. The monoisotopic (exact) mass is 478 g/mol. The first-order valence-corrected chi connectivity index (χ1v) is 11.3. The minimum Gasteiger partial charge on any atom is -0.494 e. The number of H-pyrrole nitrogens is 1. The molecule has 0 atom stereocenters. The number of carbonyl (C=O) groups excluding carboxylic acids is 1. The minimum absolute atomic E-state index is 0.198. The van der Waals surface area contributed by atoms with Crippen molar-refractivity contribution in [2.45, 2.75) is 20.3 Å². The quantitative estimate of drug-likeness (QED) is 0.291. The van der Waals surface area contributed by atoms with Crippen LogP contribution in [0.15, 0.2) is 60.7 Å². The van der Waals surface area contributed by atoms with Crippen molar-refractivity contribution >= 4 is 51.6 Å². The first-order chi connectivity index (χ1) is 15.9. The van der Waals surface area contributed by atoms with E-state index in [4.69, 9.17) is 28.6 Å². The Hall–Kier alpha value is -3.42. The lowest BCUT2D eigenvalue weighted by Crippen LogP contribution is -2.34. The van der Waals surface area contributed by atoms with Gasteiger partial charge in [-0.3, -0.25) is 10.1 Å². The number of amides is 1. The van der Waals surface area contributed by atoms with Gasteiger partial charge in [-0.15, -0.1) is 0 Å². The molecule has 1 amide bonds. The zero-order valence-corrected chi connectivity index (χ0v) is 19.8. The molecule has 1 heterocycles. The van der Waals surface area contributed by atoms with Gasteiger partial charge in [0.2, 0.25) is 0 Å². The number of aromatic amines is 1. The van der Waals surface area contributed by atoms with Crippen LogP contribution in [0, 0.1) is 6.92 Å². The molecule has 4 rings (SSSR count). The fourth-order valence-electron chi connectivity index (χ4n) is 3.31. The predicted octanol–water partition coefficient (Wildman–Crippen LogP) is 6.11. The van der Waals surface area contributed by atoms with E-state index >= 15 is 0 Å². The van der Waals surface area contributed by atoms with Crippen molar-refractivity contribution in [3.05, 3.63) is 76.8 Å². The van der Waals surface area contributed by atoms with E-state index in [0.717, 1.165) is 34.3 Å². The predicted molar refractivity (Wildman–Crippen MR) is 137 cm³/mol. The number of hydrogen-bond donors (Lipinski definition) is 3. The first kappa shape index (κ1) is 22.8. The summed E-state index contributed by atoms with van der Waals surface area (Å²) in [6, 6.07) is 18.4. The van der Waals surface area contributed by atoms with Gasteiger partial charge in [-0.05, 0) is 73.6 Å². The Labute approximate surface area is 202 Å². The number of aromatic nitrogens is 2. The standard InChI is InChI=1S/C25H23ClN4O2S/c1-3-10-32-19-9-5-7-17(13-19)24(31)30-25(33)27-18-8-4-6-16(12-18)23-28-21-11-15(2)20(26)14-22(21)29-23/h4-9,11-14H,3,10H2,1-2H3,(H,28,29)(H2,27,30,31,33). The number of ether oxygens (including phenoxy) is 1. The van der Waals surface area contributed by atoms with Crippen molar-refractivity contribution in [1.82, 2.24) is 15.3 Å². The van der Waals surface area contributed by atoms with E-state index < -0.39 is 0 Å². The van der Waals surface area contributed by atoms with Gasteiger partial charge >= 0.3 is 0 Å². The molecule has 0 saturated carbocycles. The number of rotatable bonds is 6. The lowest BCUT2D eigenvalue weighted by atomic mass is 10.2. The van der Waals surface area contributed by atoms with Gasteiger partial charge in [0, 0.05) is 21.8 Å². The van der Waals surface area contributed by atoms with Crippen LogP contribution < -0.4 is 15.4 Å². The molecular formula is C25H23ClN4O2S. The summed E-state index contributed by atoms with van der Waals surface area (Å²) in [6.07, 6.45) is 0.894. The number of aryl methyl sites for hydroxylation is 1. The van der Waals surface area contributed by atoms with E-state index in [0.29, 0.717) is 28.8 Å². The summed E-state index contributed by atoms with van der Waals surface area (Å²) >= 11 is 11.6. The number of benzene rings is 3. The molecule has 1 aromatic heterocycles. The zero-order chi connectivity index (χ0) is 23.4. The van der Waals surface area contributed by atoms with Crippen LogP contribution >= 0.6 is 23.8 Å². The minimum atomic E-state index is -0.310. The normalized spacial score (nSPS) is 10.8. The Bertz CT molecular complexity index is 1300. The van der Waals surface area contributed by atoms with E-state index in [1.165, 1.54) is 0 Å². The van der Waals surface area contributed by atoms with Crippen molar-refractivity contribution in [2.75, 3.05) is 11.9 Å². The highest BCUT2D eigenvalue weighted by Gasteiger charge is 2.11. The fourth-order valence-corrected chi connectivity index (χ4v) is 3.67. The summed E-state index contributed by atoms with van der Waals surface area (Å²) in [5, 5.41) is 6.65. The topological polar surface area (TPSA) is 79.0 Å². The van der Waals surface area contributed by atoms with E-state index in [-0.39, 0.29) is 11.0 Å². The molecule has 0 fully saturated rings. The third kappa shape index (κ3) is 5.50. The third-order valence-corrected chi connectivity index (χ3v) is 5.56. The second-order valence-corrected chi connectivity index (χ2v) is 8.38.